The van der Waals surface area contributed by atoms with Crippen LogP contribution in [0.5, 0.6) is 0 Å². The fourth-order valence-corrected chi connectivity index (χ4v) is 3.68. The molecule has 0 aromatic heterocycles. The first-order chi connectivity index (χ1) is 6.79. The lowest BCUT2D eigenvalue weighted by Crippen LogP contribution is -2.43. The van der Waals surface area contributed by atoms with E-state index in [4.69, 9.17) is 5.73 Å². The van der Waals surface area contributed by atoms with E-state index >= 15 is 0 Å². The van der Waals surface area contributed by atoms with Crippen LogP contribution in [0.15, 0.2) is 24.3 Å². The monoisotopic (exact) mass is 190 g/mol. The Morgan fingerprint density at radius 2 is 2.00 bits per heavy atom. The van der Waals surface area contributed by atoms with E-state index in [9.17, 15) is 0 Å². The summed E-state index contributed by atoms with van der Waals surface area (Å²) < 4.78 is 0. The van der Waals surface area contributed by atoms with Crippen molar-refractivity contribution in [2.75, 3.05) is 7.05 Å². The van der Waals surface area contributed by atoms with E-state index in [0.717, 1.165) is 11.8 Å². The van der Waals surface area contributed by atoms with Gasteiger partial charge >= 0.3 is 0 Å². The van der Waals surface area contributed by atoms with Crippen LogP contribution < -0.4 is 5.73 Å². The third-order valence-electron chi connectivity index (χ3n) is 4.29. The second-order valence-corrected chi connectivity index (χ2v) is 4.90. The lowest BCUT2D eigenvalue weighted by Gasteiger charge is -2.27. The molecule has 2 N–H and O–H groups in total. The largest absolute Gasteiger partial charge is 0.326 e. The highest BCUT2D eigenvalue weighted by Gasteiger charge is 2.50. The maximum atomic E-state index is 6.17. The van der Waals surface area contributed by atoms with Crippen molar-refractivity contribution in [1.82, 2.24) is 4.90 Å². The molecular formula is C12H18N2. The molecule has 1 saturated heterocycles. The van der Waals surface area contributed by atoms with E-state index in [1.54, 1.807) is 0 Å². The number of fused-ring (bicyclic) bond motifs is 3. The molecule has 2 nitrogen and oxygen atoms in total. The van der Waals surface area contributed by atoms with Gasteiger partial charge in [-0.3, -0.25) is 4.90 Å². The van der Waals surface area contributed by atoms with Crippen LogP contribution in [0, 0.1) is 11.8 Å². The number of rotatable bonds is 0. The molecule has 5 unspecified atom stereocenters. The van der Waals surface area contributed by atoms with E-state index in [1.165, 1.54) is 12.8 Å². The van der Waals surface area contributed by atoms with Crippen LogP contribution >= 0.6 is 0 Å². The first-order valence-electron chi connectivity index (χ1n) is 5.61. The molecule has 14 heavy (non-hydrogen) atoms. The summed E-state index contributed by atoms with van der Waals surface area (Å²) in [5, 5.41) is 0. The molecule has 0 bridgehead atoms. The molecule has 0 aromatic carbocycles. The minimum Gasteiger partial charge on any atom is -0.326 e. The quantitative estimate of drug-likeness (QED) is 0.621. The van der Waals surface area contributed by atoms with Crippen LogP contribution in [0.25, 0.3) is 0 Å². The van der Waals surface area contributed by atoms with Crippen LogP contribution in [-0.4, -0.2) is 30.1 Å². The van der Waals surface area contributed by atoms with Gasteiger partial charge in [0, 0.05) is 24.0 Å². The topological polar surface area (TPSA) is 29.3 Å². The normalized spacial score (nSPS) is 50.9. The second kappa shape index (κ2) is 2.94. The summed E-state index contributed by atoms with van der Waals surface area (Å²) >= 11 is 0. The molecule has 76 valence electrons. The number of likely N-dealkylation sites (tertiary alicyclic amines) is 1. The number of nitrogens with zero attached hydrogens (tertiary/aromatic N) is 1. The maximum absolute atomic E-state index is 6.17. The Morgan fingerprint density at radius 3 is 2.86 bits per heavy atom. The summed E-state index contributed by atoms with van der Waals surface area (Å²) in [5.74, 6) is 1.53. The summed E-state index contributed by atoms with van der Waals surface area (Å²) in [6.07, 6.45) is 11.6. The molecule has 2 fully saturated rings. The zero-order valence-electron chi connectivity index (χ0n) is 8.63. The lowest BCUT2D eigenvalue weighted by atomic mass is 9.86. The van der Waals surface area contributed by atoms with Gasteiger partial charge in [0.2, 0.25) is 0 Å². The molecule has 5 atom stereocenters. The van der Waals surface area contributed by atoms with Gasteiger partial charge in [0.1, 0.15) is 0 Å². The van der Waals surface area contributed by atoms with Crippen LogP contribution in [-0.2, 0) is 0 Å². The van der Waals surface area contributed by atoms with Gasteiger partial charge in [0.25, 0.3) is 0 Å². The van der Waals surface area contributed by atoms with Gasteiger partial charge in [-0.25, -0.2) is 0 Å². The van der Waals surface area contributed by atoms with Gasteiger partial charge < -0.3 is 5.73 Å². The van der Waals surface area contributed by atoms with Crippen molar-refractivity contribution in [2.45, 2.75) is 31.0 Å². The van der Waals surface area contributed by atoms with E-state index in [2.05, 4.69) is 36.3 Å². The Bertz CT molecular complexity index is 295. The van der Waals surface area contributed by atoms with Crippen molar-refractivity contribution in [3.63, 3.8) is 0 Å². The summed E-state index contributed by atoms with van der Waals surface area (Å²) in [5.41, 5.74) is 6.17. The van der Waals surface area contributed by atoms with E-state index < -0.39 is 0 Å². The first kappa shape index (κ1) is 8.69. The van der Waals surface area contributed by atoms with Crippen molar-refractivity contribution in [1.29, 1.82) is 0 Å². The molecule has 2 aliphatic carbocycles. The van der Waals surface area contributed by atoms with Crippen LogP contribution in [0.2, 0.25) is 0 Å². The zero-order valence-corrected chi connectivity index (χ0v) is 8.63. The Kier molecular flexibility index (Phi) is 1.83. The summed E-state index contributed by atoms with van der Waals surface area (Å²) in [4.78, 5) is 2.49. The van der Waals surface area contributed by atoms with Crippen LogP contribution in [0.4, 0.5) is 0 Å². The fourth-order valence-electron chi connectivity index (χ4n) is 3.68. The summed E-state index contributed by atoms with van der Waals surface area (Å²) in [6.45, 7) is 0. The molecule has 3 aliphatic rings. The van der Waals surface area contributed by atoms with Gasteiger partial charge in [-0.05, 0) is 25.8 Å². The molecule has 0 spiro atoms. The molecule has 0 amide bonds. The Balaban J connectivity index is 1.95. The number of hydrogen-bond donors (Lipinski definition) is 1. The van der Waals surface area contributed by atoms with Gasteiger partial charge in [-0.1, -0.05) is 24.3 Å². The van der Waals surface area contributed by atoms with Gasteiger partial charge in [0.05, 0.1) is 0 Å². The van der Waals surface area contributed by atoms with Gasteiger partial charge in [0.15, 0.2) is 0 Å². The average molecular weight is 190 g/mol. The molecule has 0 radical (unpaired) electrons. The highest BCUT2D eigenvalue weighted by molar-refractivity contribution is 5.24. The van der Waals surface area contributed by atoms with E-state index in [0.29, 0.717) is 18.1 Å². The average Bonchev–Trinajstić information content (AvgIpc) is 2.70. The molecular weight excluding hydrogens is 172 g/mol. The van der Waals surface area contributed by atoms with Crippen LogP contribution in [0.1, 0.15) is 12.8 Å². The van der Waals surface area contributed by atoms with Crippen molar-refractivity contribution in [3.05, 3.63) is 24.3 Å². The summed E-state index contributed by atoms with van der Waals surface area (Å²) in [7, 11) is 2.23. The van der Waals surface area contributed by atoms with Crippen molar-refractivity contribution in [3.8, 4) is 0 Å². The molecule has 3 rings (SSSR count). The SMILES string of the molecule is CN1C2C=CC=CC2C2CCC(N)C21. The zero-order chi connectivity index (χ0) is 9.71. The van der Waals surface area contributed by atoms with E-state index in [-0.39, 0.29) is 0 Å². The molecule has 2 heteroatoms. The maximum Gasteiger partial charge on any atom is 0.0348 e. The predicted molar refractivity (Wildman–Crippen MR) is 57.8 cm³/mol. The summed E-state index contributed by atoms with van der Waals surface area (Å²) in [6, 6.07) is 1.64. The first-order valence-corrected chi connectivity index (χ1v) is 5.61. The van der Waals surface area contributed by atoms with Crippen molar-refractivity contribution < 1.29 is 0 Å². The molecule has 1 aliphatic heterocycles. The smallest absolute Gasteiger partial charge is 0.0348 e. The highest BCUT2D eigenvalue weighted by Crippen LogP contribution is 2.45. The Labute approximate surface area is 85.5 Å². The number of allylic oxidation sites excluding steroid dienone is 2. The number of nitrogens with two attached hydrogens (primary N) is 1. The Morgan fingerprint density at radius 1 is 1.21 bits per heavy atom. The minimum atomic E-state index is 0.400. The molecule has 1 heterocycles. The molecule has 0 aromatic rings. The lowest BCUT2D eigenvalue weighted by molar-refractivity contribution is 0.240. The third-order valence-corrected chi connectivity index (χ3v) is 4.29. The highest BCUT2D eigenvalue weighted by atomic mass is 15.2. The molecule has 1 saturated carbocycles. The van der Waals surface area contributed by atoms with Gasteiger partial charge in [-0.2, -0.15) is 0 Å². The van der Waals surface area contributed by atoms with Crippen LogP contribution in [0.3, 0.4) is 0 Å². The standard InChI is InChI=1S/C12H18N2/c1-14-11-5-3-2-4-8(11)9-6-7-10(13)12(9)14/h2-5,8-12H,6-7,13H2,1H3. The number of hydrogen-bond acceptors (Lipinski definition) is 2. The minimum absolute atomic E-state index is 0.400. The van der Waals surface area contributed by atoms with E-state index in [1.807, 2.05) is 0 Å². The fraction of sp³-hybridized carbons (Fsp3) is 0.667. The predicted octanol–water partition coefficient (Wildman–Crippen LogP) is 1.15. The van der Waals surface area contributed by atoms with Gasteiger partial charge in [-0.15, -0.1) is 0 Å². The Hall–Kier alpha value is -0.600. The third kappa shape index (κ3) is 0.984. The second-order valence-electron chi connectivity index (χ2n) is 4.90. The van der Waals surface area contributed by atoms with Crippen molar-refractivity contribution in [2.24, 2.45) is 17.6 Å². The van der Waals surface area contributed by atoms with Crippen molar-refractivity contribution >= 4 is 0 Å². The number of likely N-dealkylation sites (N-methyl/N-ethyl adjacent to an activating group) is 1.